The second-order valence-electron chi connectivity index (χ2n) is 9.04. The molecule has 3 aromatic rings. The summed E-state index contributed by atoms with van der Waals surface area (Å²) in [6, 6.07) is 17.8. The highest BCUT2D eigenvalue weighted by Crippen LogP contribution is 2.22. The maximum atomic E-state index is 12.7. The molecule has 0 bridgehead atoms. The number of piperidine rings is 1. The summed E-state index contributed by atoms with van der Waals surface area (Å²) < 4.78 is 11.0. The van der Waals surface area contributed by atoms with E-state index in [1.54, 1.807) is 6.07 Å². The molecule has 1 aliphatic heterocycles. The fourth-order valence-corrected chi connectivity index (χ4v) is 4.47. The summed E-state index contributed by atoms with van der Waals surface area (Å²) in [4.78, 5) is 30.1. The number of amides is 1. The number of carbonyl (C=O) groups excluding carboxylic acids is 1. The first-order valence-electron chi connectivity index (χ1n) is 12.7. The summed E-state index contributed by atoms with van der Waals surface area (Å²) in [5, 5.41) is 8.31. The van der Waals surface area contributed by atoms with Gasteiger partial charge in [-0.2, -0.15) is 0 Å². The van der Waals surface area contributed by atoms with Gasteiger partial charge in [-0.05, 0) is 49.8 Å². The number of hydrogen-bond donors (Lipinski definition) is 1. The van der Waals surface area contributed by atoms with Gasteiger partial charge in [-0.15, -0.1) is 10.2 Å². The average molecular weight is 491 g/mol. The van der Waals surface area contributed by atoms with E-state index >= 15 is 0 Å². The number of hydrogen-bond acceptors (Lipinski definition) is 6. The van der Waals surface area contributed by atoms with Gasteiger partial charge in [0.15, 0.2) is 5.82 Å². The number of H-pyrrole nitrogens is 1. The Kier molecular flexibility index (Phi) is 9.21. The monoisotopic (exact) mass is 490 g/mol. The lowest BCUT2D eigenvalue weighted by molar-refractivity contribution is -0.132. The lowest BCUT2D eigenvalue weighted by Crippen LogP contribution is -2.39. The minimum absolute atomic E-state index is 0.0651. The number of carbonyl (C=O) groups is 1. The molecule has 0 aliphatic carbocycles. The topological polar surface area (TPSA) is 97.4 Å². The van der Waals surface area contributed by atoms with Crippen LogP contribution in [-0.2, 0) is 22.4 Å². The van der Waals surface area contributed by atoms with Gasteiger partial charge < -0.3 is 19.4 Å². The SMILES string of the molecule is CCOCCOc1cccc(-c2nnc(CCC(=O)N3CCC(Cc4ccccc4)CC3)c(=O)[nH]2)c1. The highest BCUT2D eigenvalue weighted by molar-refractivity contribution is 5.76. The van der Waals surface area contributed by atoms with Gasteiger partial charge in [0.2, 0.25) is 5.91 Å². The third kappa shape index (κ3) is 7.24. The molecule has 1 aliphatic rings. The molecule has 2 aromatic carbocycles. The Morgan fingerprint density at radius 1 is 1.06 bits per heavy atom. The molecule has 36 heavy (non-hydrogen) atoms. The van der Waals surface area contributed by atoms with Crippen molar-refractivity contribution in [3.63, 3.8) is 0 Å². The van der Waals surface area contributed by atoms with Crippen molar-refractivity contribution in [2.24, 2.45) is 5.92 Å². The van der Waals surface area contributed by atoms with E-state index in [0.29, 0.717) is 42.9 Å². The molecule has 0 unspecified atom stereocenters. The van der Waals surface area contributed by atoms with Gasteiger partial charge in [0, 0.05) is 38.1 Å². The molecule has 0 spiro atoms. The minimum atomic E-state index is -0.322. The van der Waals surface area contributed by atoms with Gasteiger partial charge in [0.05, 0.1) is 6.61 Å². The molecule has 8 nitrogen and oxygen atoms in total. The zero-order valence-electron chi connectivity index (χ0n) is 20.8. The fraction of sp³-hybridized carbons (Fsp3) is 0.429. The lowest BCUT2D eigenvalue weighted by Gasteiger charge is -2.32. The second kappa shape index (κ2) is 13.0. The van der Waals surface area contributed by atoms with Crippen LogP contribution in [0, 0.1) is 5.92 Å². The number of nitrogens with zero attached hydrogens (tertiary/aromatic N) is 3. The van der Waals surface area contributed by atoms with Crippen LogP contribution in [0.1, 0.15) is 37.4 Å². The van der Waals surface area contributed by atoms with Crippen molar-refractivity contribution in [3.8, 4) is 17.1 Å². The molecule has 4 rings (SSSR count). The zero-order valence-corrected chi connectivity index (χ0v) is 20.8. The van der Waals surface area contributed by atoms with Crippen molar-refractivity contribution >= 4 is 5.91 Å². The Morgan fingerprint density at radius 2 is 1.86 bits per heavy atom. The van der Waals surface area contributed by atoms with Crippen LogP contribution in [0.5, 0.6) is 5.75 Å². The Morgan fingerprint density at radius 3 is 2.61 bits per heavy atom. The quantitative estimate of drug-likeness (QED) is 0.412. The normalized spacial score (nSPS) is 14.1. The number of rotatable bonds is 11. The Bertz CT molecular complexity index is 1170. The highest BCUT2D eigenvalue weighted by Gasteiger charge is 2.23. The maximum Gasteiger partial charge on any atom is 0.273 e. The molecule has 1 saturated heterocycles. The summed E-state index contributed by atoms with van der Waals surface area (Å²) in [6.45, 7) is 5.06. The molecule has 0 radical (unpaired) electrons. The van der Waals surface area contributed by atoms with Crippen LogP contribution in [0.4, 0.5) is 0 Å². The summed E-state index contributed by atoms with van der Waals surface area (Å²) in [6.07, 6.45) is 3.59. The Balaban J connectivity index is 1.26. The highest BCUT2D eigenvalue weighted by atomic mass is 16.5. The van der Waals surface area contributed by atoms with Crippen molar-refractivity contribution in [3.05, 3.63) is 76.2 Å². The van der Waals surface area contributed by atoms with Gasteiger partial charge >= 0.3 is 0 Å². The maximum absolute atomic E-state index is 12.7. The standard InChI is InChI=1S/C28H34N4O4/c1-2-35-17-18-36-24-10-6-9-23(20-24)27-29-28(34)25(30-31-27)11-12-26(33)32-15-13-22(14-16-32)19-21-7-4-3-5-8-21/h3-10,20,22H,2,11-19H2,1H3,(H,29,31,34). The Labute approximate surface area is 211 Å². The van der Waals surface area contributed by atoms with Crippen LogP contribution in [0.2, 0.25) is 0 Å². The smallest absolute Gasteiger partial charge is 0.273 e. The molecule has 0 saturated carbocycles. The van der Waals surface area contributed by atoms with Gasteiger partial charge in [0.1, 0.15) is 18.1 Å². The summed E-state index contributed by atoms with van der Waals surface area (Å²) in [5.74, 6) is 1.70. The zero-order chi connectivity index (χ0) is 25.2. The number of aryl methyl sites for hydroxylation is 1. The van der Waals surface area contributed by atoms with E-state index in [2.05, 4.69) is 39.4 Å². The molecule has 2 heterocycles. The van der Waals surface area contributed by atoms with E-state index in [9.17, 15) is 9.59 Å². The summed E-state index contributed by atoms with van der Waals surface area (Å²) in [5.41, 5.74) is 2.01. The minimum Gasteiger partial charge on any atom is -0.491 e. The van der Waals surface area contributed by atoms with Crippen molar-refractivity contribution in [2.75, 3.05) is 32.9 Å². The van der Waals surface area contributed by atoms with E-state index < -0.39 is 0 Å². The largest absolute Gasteiger partial charge is 0.491 e. The third-order valence-electron chi connectivity index (χ3n) is 6.48. The number of aromatic amines is 1. The Hall–Kier alpha value is -3.52. The van der Waals surface area contributed by atoms with Gasteiger partial charge in [-0.25, -0.2) is 0 Å². The van der Waals surface area contributed by atoms with Crippen LogP contribution in [-0.4, -0.2) is 58.9 Å². The van der Waals surface area contributed by atoms with E-state index in [1.165, 1.54) is 5.56 Å². The molecule has 1 N–H and O–H groups in total. The first-order chi connectivity index (χ1) is 17.6. The van der Waals surface area contributed by atoms with Crippen LogP contribution in [0.15, 0.2) is 59.4 Å². The van der Waals surface area contributed by atoms with Gasteiger partial charge in [0.25, 0.3) is 5.56 Å². The van der Waals surface area contributed by atoms with E-state index in [-0.39, 0.29) is 30.0 Å². The number of benzene rings is 2. The molecule has 1 amide bonds. The molecule has 8 heteroatoms. The van der Waals surface area contributed by atoms with Crippen molar-refractivity contribution in [1.82, 2.24) is 20.1 Å². The number of likely N-dealkylation sites (tertiary alicyclic amines) is 1. The van der Waals surface area contributed by atoms with E-state index in [1.807, 2.05) is 36.1 Å². The van der Waals surface area contributed by atoms with Crippen LogP contribution < -0.4 is 10.3 Å². The number of nitrogens with one attached hydrogen (secondary N) is 1. The van der Waals surface area contributed by atoms with Crippen molar-refractivity contribution in [1.29, 1.82) is 0 Å². The summed E-state index contributed by atoms with van der Waals surface area (Å²) >= 11 is 0. The molecule has 1 fully saturated rings. The number of ether oxygens (including phenoxy) is 2. The van der Waals surface area contributed by atoms with Crippen molar-refractivity contribution in [2.45, 2.75) is 39.0 Å². The fourth-order valence-electron chi connectivity index (χ4n) is 4.47. The predicted molar refractivity (Wildman–Crippen MR) is 138 cm³/mol. The second-order valence-corrected chi connectivity index (χ2v) is 9.04. The van der Waals surface area contributed by atoms with E-state index in [4.69, 9.17) is 9.47 Å². The molecular weight excluding hydrogens is 456 g/mol. The first-order valence-corrected chi connectivity index (χ1v) is 12.7. The molecule has 0 atom stereocenters. The van der Waals surface area contributed by atoms with Gasteiger partial charge in [-0.3, -0.25) is 9.59 Å². The molecular formula is C28H34N4O4. The first kappa shape index (κ1) is 25.6. The van der Waals surface area contributed by atoms with Crippen LogP contribution in [0.3, 0.4) is 0 Å². The predicted octanol–water partition coefficient (Wildman–Crippen LogP) is 3.66. The number of aromatic nitrogens is 3. The van der Waals surface area contributed by atoms with E-state index in [0.717, 1.165) is 32.4 Å². The van der Waals surface area contributed by atoms with Crippen LogP contribution in [0.25, 0.3) is 11.4 Å². The average Bonchev–Trinajstić information content (AvgIpc) is 2.91. The van der Waals surface area contributed by atoms with Crippen molar-refractivity contribution < 1.29 is 14.3 Å². The lowest BCUT2D eigenvalue weighted by atomic mass is 9.90. The molecule has 190 valence electrons. The third-order valence-corrected chi connectivity index (χ3v) is 6.48. The summed E-state index contributed by atoms with van der Waals surface area (Å²) in [7, 11) is 0. The molecule has 1 aromatic heterocycles. The van der Waals surface area contributed by atoms with Gasteiger partial charge in [-0.1, -0.05) is 42.5 Å². The van der Waals surface area contributed by atoms with Crippen LogP contribution >= 0.6 is 0 Å².